The van der Waals surface area contributed by atoms with Crippen LogP contribution in [0.3, 0.4) is 0 Å². The van der Waals surface area contributed by atoms with Gasteiger partial charge in [0.2, 0.25) is 0 Å². The van der Waals surface area contributed by atoms with Gasteiger partial charge in [-0.05, 0) is 32.0 Å². The fourth-order valence-electron chi connectivity index (χ4n) is 2.25. The van der Waals surface area contributed by atoms with Crippen molar-refractivity contribution in [1.82, 2.24) is 9.88 Å². The van der Waals surface area contributed by atoms with Crippen molar-refractivity contribution in [3.63, 3.8) is 0 Å². The van der Waals surface area contributed by atoms with Crippen molar-refractivity contribution in [3.05, 3.63) is 23.9 Å². The van der Waals surface area contributed by atoms with Crippen LogP contribution in [0.4, 0.5) is 5.82 Å². The Hall–Kier alpha value is -1.13. The van der Waals surface area contributed by atoms with Crippen molar-refractivity contribution in [2.45, 2.75) is 26.3 Å². The van der Waals surface area contributed by atoms with Crippen molar-refractivity contribution in [2.75, 3.05) is 37.6 Å². The van der Waals surface area contributed by atoms with Gasteiger partial charge in [-0.15, -0.1) is 0 Å². The fraction of sp³-hybridized carbons (Fsp3) is 0.643. The lowest BCUT2D eigenvalue weighted by atomic mass is 9.98. The van der Waals surface area contributed by atoms with Gasteiger partial charge >= 0.3 is 0 Å². The van der Waals surface area contributed by atoms with Gasteiger partial charge < -0.3 is 15.5 Å². The van der Waals surface area contributed by atoms with Gasteiger partial charge in [0, 0.05) is 37.9 Å². The van der Waals surface area contributed by atoms with E-state index in [9.17, 15) is 0 Å². The number of piperazine rings is 1. The van der Waals surface area contributed by atoms with E-state index >= 15 is 0 Å². The molecule has 2 rings (SSSR count). The average Bonchev–Trinajstić information content (AvgIpc) is 2.38. The van der Waals surface area contributed by atoms with Gasteiger partial charge in [0.15, 0.2) is 0 Å². The molecule has 0 saturated carbocycles. The number of rotatable bonds is 3. The monoisotopic (exact) mass is 248 g/mol. The number of anilines is 1. The summed E-state index contributed by atoms with van der Waals surface area (Å²) in [7, 11) is 0. The third-order valence-corrected chi connectivity index (χ3v) is 3.64. The molecule has 0 radical (unpaired) electrons. The molecular weight excluding hydrogens is 224 g/mol. The van der Waals surface area contributed by atoms with Gasteiger partial charge in [-0.2, -0.15) is 0 Å². The average molecular weight is 248 g/mol. The Morgan fingerprint density at radius 3 is 2.33 bits per heavy atom. The van der Waals surface area contributed by atoms with Crippen LogP contribution in [0, 0.1) is 0 Å². The van der Waals surface area contributed by atoms with E-state index in [1.165, 1.54) is 0 Å². The summed E-state index contributed by atoms with van der Waals surface area (Å²) in [5.74, 6) is 1.07. The summed E-state index contributed by atoms with van der Waals surface area (Å²) in [5.41, 5.74) is 6.83. The van der Waals surface area contributed by atoms with E-state index in [0.717, 1.165) is 44.1 Å². The van der Waals surface area contributed by atoms with Gasteiger partial charge in [0.1, 0.15) is 5.82 Å². The van der Waals surface area contributed by atoms with Crippen LogP contribution in [0.5, 0.6) is 0 Å². The normalized spacial score (nSPS) is 18.1. The first-order chi connectivity index (χ1) is 8.50. The molecule has 1 fully saturated rings. The quantitative estimate of drug-likeness (QED) is 0.878. The molecule has 4 heteroatoms. The number of pyridine rings is 1. The SMILES string of the molecule is CCN1CCN(c2ccc(C(C)(C)N)cn2)CC1. The molecule has 0 aliphatic carbocycles. The molecule has 2 N–H and O–H groups in total. The number of nitrogens with two attached hydrogens (primary N) is 1. The van der Waals surface area contributed by atoms with Gasteiger partial charge in [-0.25, -0.2) is 4.98 Å². The Kier molecular flexibility index (Phi) is 3.88. The molecule has 100 valence electrons. The molecule has 1 aliphatic rings. The van der Waals surface area contributed by atoms with Crippen LogP contribution in [-0.2, 0) is 5.54 Å². The molecule has 2 heterocycles. The van der Waals surface area contributed by atoms with E-state index in [2.05, 4.69) is 33.8 Å². The topological polar surface area (TPSA) is 45.4 Å². The summed E-state index contributed by atoms with van der Waals surface area (Å²) in [6.45, 7) is 11.7. The van der Waals surface area contributed by atoms with E-state index in [4.69, 9.17) is 5.73 Å². The van der Waals surface area contributed by atoms with Gasteiger partial charge in [-0.1, -0.05) is 13.0 Å². The highest BCUT2D eigenvalue weighted by Gasteiger charge is 2.18. The third-order valence-electron chi connectivity index (χ3n) is 3.64. The molecule has 0 atom stereocenters. The molecule has 0 unspecified atom stereocenters. The van der Waals surface area contributed by atoms with E-state index in [1.54, 1.807) is 0 Å². The summed E-state index contributed by atoms with van der Waals surface area (Å²) in [4.78, 5) is 9.36. The minimum atomic E-state index is -0.313. The Morgan fingerprint density at radius 2 is 1.89 bits per heavy atom. The molecule has 1 aromatic rings. The summed E-state index contributed by atoms with van der Waals surface area (Å²) >= 11 is 0. The molecule has 0 aromatic carbocycles. The number of aromatic nitrogens is 1. The van der Waals surface area contributed by atoms with E-state index in [0.29, 0.717) is 0 Å². The van der Waals surface area contributed by atoms with E-state index in [-0.39, 0.29) is 5.54 Å². The van der Waals surface area contributed by atoms with E-state index in [1.807, 2.05) is 20.0 Å². The van der Waals surface area contributed by atoms with Gasteiger partial charge in [0.25, 0.3) is 0 Å². The van der Waals surface area contributed by atoms with Gasteiger partial charge in [0.05, 0.1) is 0 Å². The molecule has 0 amide bonds. The van der Waals surface area contributed by atoms with E-state index < -0.39 is 0 Å². The predicted molar refractivity (Wildman–Crippen MR) is 75.8 cm³/mol. The Morgan fingerprint density at radius 1 is 1.22 bits per heavy atom. The second-order valence-electron chi connectivity index (χ2n) is 5.55. The number of hydrogen-bond donors (Lipinski definition) is 1. The summed E-state index contributed by atoms with van der Waals surface area (Å²) in [6.07, 6.45) is 1.90. The third kappa shape index (κ3) is 3.00. The Balaban J connectivity index is 2.02. The molecular formula is C14H24N4. The highest BCUT2D eigenvalue weighted by atomic mass is 15.3. The van der Waals surface area contributed by atoms with Crippen LogP contribution in [0.2, 0.25) is 0 Å². The first-order valence-corrected chi connectivity index (χ1v) is 6.73. The van der Waals surface area contributed by atoms with Crippen molar-refractivity contribution in [2.24, 2.45) is 5.73 Å². The minimum absolute atomic E-state index is 0.313. The molecule has 4 nitrogen and oxygen atoms in total. The molecule has 1 aromatic heterocycles. The maximum atomic E-state index is 6.06. The molecule has 0 bridgehead atoms. The van der Waals surface area contributed by atoms with Crippen LogP contribution in [0.1, 0.15) is 26.3 Å². The van der Waals surface area contributed by atoms with Gasteiger partial charge in [-0.3, -0.25) is 0 Å². The second kappa shape index (κ2) is 5.24. The largest absolute Gasteiger partial charge is 0.354 e. The number of nitrogens with zero attached hydrogens (tertiary/aromatic N) is 3. The van der Waals surface area contributed by atoms with Crippen LogP contribution in [-0.4, -0.2) is 42.6 Å². The lowest BCUT2D eigenvalue weighted by molar-refractivity contribution is 0.270. The molecule has 0 spiro atoms. The number of hydrogen-bond acceptors (Lipinski definition) is 4. The Labute approximate surface area is 110 Å². The highest BCUT2D eigenvalue weighted by molar-refractivity contribution is 5.40. The maximum Gasteiger partial charge on any atom is 0.128 e. The molecule has 1 saturated heterocycles. The first-order valence-electron chi connectivity index (χ1n) is 6.73. The van der Waals surface area contributed by atoms with Crippen LogP contribution in [0.25, 0.3) is 0 Å². The minimum Gasteiger partial charge on any atom is -0.354 e. The van der Waals surface area contributed by atoms with Crippen molar-refractivity contribution < 1.29 is 0 Å². The van der Waals surface area contributed by atoms with Crippen LogP contribution >= 0.6 is 0 Å². The molecule has 1 aliphatic heterocycles. The second-order valence-corrected chi connectivity index (χ2v) is 5.55. The van der Waals surface area contributed by atoms with Crippen molar-refractivity contribution in [3.8, 4) is 0 Å². The Bertz CT molecular complexity index is 372. The highest BCUT2D eigenvalue weighted by Crippen LogP contribution is 2.19. The predicted octanol–water partition coefficient (Wildman–Crippen LogP) is 1.42. The lowest BCUT2D eigenvalue weighted by Gasteiger charge is -2.35. The summed E-state index contributed by atoms with van der Waals surface area (Å²) in [6, 6.07) is 4.18. The molecule has 18 heavy (non-hydrogen) atoms. The zero-order valence-electron chi connectivity index (χ0n) is 11.7. The summed E-state index contributed by atoms with van der Waals surface area (Å²) < 4.78 is 0. The zero-order valence-corrected chi connectivity index (χ0v) is 11.7. The fourth-order valence-corrected chi connectivity index (χ4v) is 2.25. The number of likely N-dealkylation sites (N-methyl/N-ethyl adjacent to an activating group) is 1. The van der Waals surface area contributed by atoms with Crippen molar-refractivity contribution >= 4 is 5.82 Å². The first kappa shape index (κ1) is 13.3. The lowest BCUT2D eigenvalue weighted by Crippen LogP contribution is -2.46. The zero-order chi connectivity index (χ0) is 13.2. The maximum absolute atomic E-state index is 6.06. The van der Waals surface area contributed by atoms with Crippen LogP contribution < -0.4 is 10.6 Å². The smallest absolute Gasteiger partial charge is 0.128 e. The van der Waals surface area contributed by atoms with Crippen molar-refractivity contribution in [1.29, 1.82) is 0 Å². The summed E-state index contributed by atoms with van der Waals surface area (Å²) in [5, 5.41) is 0. The van der Waals surface area contributed by atoms with Crippen LogP contribution in [0.15, 0.2) is 18.3 Å². The standard InChI is InChI=1S/C14H24N4/c1-4-17-7-9-18(10-8-17)13-6-5-12(11-16-13)14(2,3)15/h5-6,11H,4,7-10,15H2,1-3H3.